The Bertz CT molecular complexity index is 604. The summed E-state index contributed by atoms with van der Waals surface area (Å²) < 4.78 is 0. The molecule has 1 rings (SSSR count). The van der Waals surface area contributed by atoms with Crippen molar-refractivity contribution in [1.29, 1.82) is 0 Å². The molecule has 26 heavy (non-hydrogen) atoms. The van der Waals surface area contributed by atoms with Crippen molar-refractivity contribution >= 4 is 35.8 Å². The molecule has 0 spiro atoms. The third-order valence-electron chi connectivity index (χ3n) is 4.99. The highest BCUT2D eigenvalue weighted by atomic mass is 16.4. The van der Waals surface area contributed by atoms with E-state index in [0.717, 1.165) is 0 Å². The first-order valence-corrected chi connectivity index (χ1v) is 7.27. The molecule has 0 aromatic heterocycles. The van der Waals surface area contributed by atoms with Gasteiger partial charge in [-0.05, 0) is 12.8 Å². The van der Waals surface area contributed by atoms with Gasteiger partial charge < -0.3 is 30.6 Å². The number of rotatable bonds is 6. The summed E-state index contributed by atoms with van der Waals surface area (Å²) in [6, 6.07) is 0. The van der Waals surface area contributed by atoms with Gasteiger partial charge in [0.05, 0.1) is 0 Å². The number of hydrogen-bond donors (Lipinski definition) is 6. The van der Waals surface area contributed by atoms with Crippen LogP contribution in [-0.2, 0) is 28.8 Å². The van der Waals surface area contributed by atoms with Gasteiger partial charge in [0, 0.05) is 0 Å². The minimum Gasteiger partial charge on any atom is -0.480 e. The molecule has 0 heterocycles. The molecule has 0 aromatic carbocycles. The molecule has 0 aliphatic heterocycles. The number of aliphatic carboxylic acids is 6. The topological polar surface area (TPSA) is 224 Å². The highest BCUT2D eigenvalue weighted by Gasteiger charge is 2.84. The van der Waals surface area contributed by atoms with Crippen LogP contribution in [0.3, 0.4) is 0 Å². The SMILES string of the molecule is O=C(O)C1(C(=O)O)CCCCCC(C(=O)O)(C(=O)O)C1(C(=O)O)C(=O)O. The lowest BCUT2D eigenvalue weighted by atomic mass is 9.46. The Morgan fingerprint density at radius 2 is 0.731 bits per heavy atom. The van der Waals surface area contributed by atoms with Gasteiger partial charge in [0.1, 0.15) is 0 Å². The van der Waals surface area contributed by atoms with Crippen LogP contribution in [0.1, 0.15) is 32.1 Å². The first-order chi connectivity index (χ1) is 11.9. The molecule has 144 valence electrons. The fraction of sp³-hybridized carbons (Fsp3) is 0.571. The average molecular weight is 376 g/mol. The second-order valence-corrected chi connectivity index (χ2v) is 5.95. The predicted molar refractivity (Wildman–Crippen MR) is 76.2 cm³/mol. The lowest BCUT2D eigenvalue weighted by Gasteiger charge is -2.47. The number of carboxylic acid groups (broad SMARTS) is 6. The highest BCUT2D eigenvalue weighted by Crippen LogP contribution is 2.59. The van der Waals surface area contributed by atoms with Crippen molar-refractivity contribution in [3.63, 3.8) is 0 Å². The van der Waals surface area contributed by atoms with Gasteiger partial charge in [0.15, 0.2) is 10.8 Å². The maximum atomic E-state index is 12.0. The molecule has 1 aliphatic rings. The normalized spacial score (nSPS) is 20.8. The van der Waals surface area contributed by atoms with Crippen molar-refractivity contribution in [2.24, 2.45) is 16.2 Å². The molecular weight excluding hydrogens is 360 g/mol. The first-order valence-electron chi connectivity index (χ1n) is 7.27. The van der Waals surface area contributed by atoms with E-state index in [1.807, 2.05) is 0 Å². The molecule has 0 atom stereocenters. The molecule has 0 unspecified atom stereocenters. The largest absolute Gasteiger partial charge is 0.480 e. The lowest BCUT2D eigenvalue weighted by molar-refractivity contribution is -0.220. The molecular formula is C14H16O12. The van der Waals surface area contributed by atoms with Gasteiger partial charge in [-0.1, -0.05) is 19.3 Å². The quantitative estimate of drug-likeness (QED) is 0.320. The standard InChI is InChI=1S/C14H16O12/c15-6(16)12(7(17)18)4-2-1-3-5-13(8(19)20,9(21)22)14(12,10(23)24)11(25)26/h1-5H2,(H,15,16)(H,17,18)(H,19,20)(H,21,22)(H,23,24)(H,25,26). The summed E-state index contributed by atoms with van der Waals surface area (Å²) in [5.41, 5.74) is -11.6. The van der Waals surface area contributed by atoms with Crippen LogP contribution >= 0.6 is 0 Å². The summed E-state index contributed by atoms with van der Waals surface area (Å²) in [5.74, 6) is -15.1. The number of carbonyl (C=O) groups is 6. The Morgan fingerprint density at radius 1 is 0.462 bits per heavy atom. The zero-order valence-electron chi connectivity index (χ0n) is 13.2. The van der Waals surface area contributed by atoms with E-state index in [-0.39, 0.29) is 19.3 Å². The van der Waals surface area contributed by atoms with Gasteiger partial charge in [0.2, 0.25) is 5.41 Å². The highest BCUT2D eigenvalue weighted by molar-refractivity contribution is 6.20. The minimum absolute atomic E-state index is 0.0140. The maximum Gasteiger partial charge on any atom is 0.324 e. The summed E-state index contributed by atoms with van der Waals surface area (Å²) in [4.78, 5) is 71.4. The molecule has 1 fully saturated rings. The summed E-state index contributed by atoms with van der Waals surface area (Å²) in [6.45, 7) is 0. The van der Waals surface area contributed by atoms with E-state index in [1.165, 1.54) is 0 Å². The summed E-state index contributed by atoms with van der Waals surface area (Å²) in [5, 5.41) is 57.3. The molecule has 12 nitrogen and oxygen atoms in total. The molecule has 1 saturated carbocycles. The Kier molecular flexibility index (Phi) is 5.31. The monoisotopic (exact) mass is 376 g/mol. The van der Waals surface area contributed by atoms with E-state index < -0.39 is 64.9 Å². The van der Waals surface area contributed by atoms with Gasteiger partial charge in [-0.25, -0.2) is 0 Å². The number of carboxylic acids is 6. The van der Waals surface area contributed by atoms with Crippen LogP contribution in [0.25, 0.3) is 0 Å². The van der Waals surface area contributed by atoms with E-state index in [9.17, 15) is 59.4 Å². The van der Waals surface area contributed by atoms with Gasteiger partial charge >= 0.3 is 35.8 Å². The van der Waals surface area contributed by atoms with Crippen LogP contribution < -0.4 is 0 Å². The van der Waals surface area contributed by atoms with Gasteiger partial charge in [0.25, 0.3) is 0 Å². The second-order valence-electron chi connectivity index (χ2n) is 5.95. The molecule has 6 N–H and O–H groups in total. The van der Waals surface area contributed by atoms with Crippen LogP contribution in [-0.4, -0.2) is 66.5 Å². The molecule has 12 heteroatoms. The number of hydrogen-bond acceptors (Lipinski definition) is 6. The molecule has 1 aliphatic carbocycles. The fourth-order valence-electron chi connectivity index (χ4n) is 3.77. The van der Waals surface area contributed by atoms with Gasteiger partial charge in [-0.15, -0.1) is 0 Å². The molecule has 0 radical (unpaired) electrons. The predicted octanol–water partition coefficient (Wildman–Crippen LogP) is -0.583. The van der Waals surface area contributed by atoms with Crippen molar-refractivity contribution in [3.8, 4) is 0 Å². The zero-order chi connectivity index (χ0) is 20.5. The fourth-order valence-corrected chi connectivity index (χ4v) is 3.77. The lowest BCUT2D eigenvalue weighted by Crippen LogP contribution is -2.72. The minimum atomic E-state index is -4.20. The van der Waals surface area contributed by atoms with E-state index in [1.54, 1.807) is 0 Å². The van der Waals surface area contributed by atoms with Gasteiger partial charge in [-0.3, -0.25) is 28.8 Å². The van der Waals surface area contributed by atoms with Crippen molar-refractivity contribution < 1.29 is 59.4 Å². The van der Waals surface area contributed by atoms with Crippen LogP contribution in [0, 0.1) is 16.2 Å². The Balaban J connectivity index is 4.31. The zero-order valence-corrected chi connectivity index (χ0v) is 13.2. The first kappa shape index (κ1) is 20.9. The molecule has 0 aromatic rings. The van der Waals surface area contributed by atoms with E-state index in [4.69, 9.17) is 0 Å². The van der Waals surface area contributed by atoms with Crippen LogP contribution in [0.15, 0.2) is 0 Å². The second kappa shape index (κ2) is 6.61. The smallest absolute Gasteiger partial charge is 0.324 e. The third kappa shape index (κ3) is 2.21. The van der Waals surface area contributed by atoms with E-state index >= 15 is 0 Å². The summed E-state index contributed by atoms with van der Waals surface area (Å²) in [6.07, 6.45) is -2.66. The van der Waals surface area contributed by atoms with Crippen LogP contribution in [0.2, 0.25) is 0 Å². The third-order valence-corrected chi connectivity index (χ3v) is 4.99. The Labute approximate surface area is 144 Å². The Hall–Kier alpha value is -3.18. The average Bonchev–Trinajstić information content (AvgIpc) is 2.45. The molecule has 0 amide bonds. The van der Waals surface area contributed by atoms with Gasteiger partial charge in [-0.2, -0.15) is 0 Å². The molecule has 0 saturated heterocycles. The van der Waals surface area contributed by atoms with Crippen molar-refractivity contribution in [3.05, 3.63) is 0 Å². The van der Waals surface area contributed by atoms with Crippen LogP contribution in [0.5, 0.6) is 0 Å². The van der Waals surface area contributed by atoms with Crippen molar-refractivity contribution in [2.75, 3.05) is 0 Å². The summed E-state index contributed by atoms with van der Waals surface area (Å²) >= 11 is 0. The Morgan fingerprint density at radius 3 is 0.923 bits per heavy atom. The van der Waals surface area contributed by atoms with E-state index in [2.05, 4.69) is 0 Å². The summed E-state index contributed by atoms with van der Waals surface area (Å²) in [7, 11) is 0. The van der Waals surface area contributed by atoms with Crippen molar-refractivity contribution in [1.82, 2.24) is 0 Å². The molecule has 0 bridgehead atoms. The van der Waals surface area contributed by atoms with Crippen molar-refractivity contribution in [2.45, 2.75) is 32.1 Å². The van der Waals surface area contributed by atoms with E-state index in [0.29, 0.717) is 0 Å². The maximum absolute atomic E-state index is 12.0. The van der Waals surface area contributed by atoms with Crippen LogP contribution in [0.4, 0.5) is 0 Å².